The molecule has 30 heavy (non-hydrogen) atoms. The van der Waals surface area contributed by atoms with Crippen LogP contribution in [0.4, 0.5) is 4.79 Å². The minimum atomic E-state index is -0.292. The minimum Gasteiger partial charge on any atom is -0.508 e. The first-order chi connectivity index (χ1) is 14.6. The molecule has 1 aliphatic heterocycles. The van der Waals surface area contributed by atoms with Gasteiger partial charge in [-0.25, -0.2) is 4.79 Å². The quantitative estimate of drug-likeness (QED) is 0.645. The van der Waals surface area contributed by atoms with Crippen LogP contribution in [0, 0.1) is 0 Å². The van der Waals surface area contributed by atoms with E-state index in [1.165, 1.54) is 30.0 Å². The SMILES string of the molecule is O=C(NCCN1CCCCC1)n1cc(-c2ccncc2)c(-c2cc(O)cc(Cl)c2)n1. The lowest BCUT2D eigenvalue weighted by Gasteiger charge is -2.26. The maximum atomic E-state index is 12.7. The van der Waals surface area contributed by atoms with Crippen LogP contribution in [0.3, 0.4) is 0 Å². The summed E-state index contributed by atoms with van der Waals surface area (Å²) in [5, 5.41) is 17.8. The van der Waals surface area contributed by atoms with Crippen molar-refractivity contribution in [3.8, 4) is 28.1 Å². The number of aromatic hydroxyl groups is 1. The number of amides is 1. The molecule has 156 valence electrons. The van der Waals surface area contributed by atoms with Gasteiger partial charge in [-0.3, -0.25) is 4.98 Å². The molecule has 0 spiro atoms. The van der Waals surface area contributed by atoms with Crippen LogP contribution in [0.2, 0.25) is 5.02 Å². The van der Waals surface area contributed by atoms with Crippen molar-refractivity contribution in [1.29, 1.82) is 0 Å². The molecule has 0 atom stereocenters. The molecule has 3 heterocycles. The molecule has 8 heteroatoms. The summed E-state index contributed by atoms with van der Waals surface area (Å²) in [6.07, 6.45) is 8.79. The molecule has 1 fully saturated rings. The molecule has 0 unspecified atom stereocenters. The fourth-order valence-electron chi connectivity index (χ4n) is 3.73. The average molecular weight is 426 g/mol. The number of hydrogen-bond donors (Lipinski definition) is 2. The fourth-order valence-corrected chi connectivity index (χ4v) is 3.96. The average Bonchev–Trinajstić information content (AvgIpc) is 3.20. The molecular formula is C22H24ClN5O2. The van der Waals surface area contributed by atoms with Gasteiger partial charge in [0, 0.05) is 47.8 Å². The highest BCUT2D eigenvalue weighted by Crippen LogP contribution is 2.34. The number of rotatable bonds is 5. The molecule has 1 amide bonds. The van der Waals surface area contributed by atoms with E-state index in [-0.39, 0.29) is 11.8 Å². The van der Waals surface area contributed by atoms with Crippen LogP contribution in [0.25, 0.3) is 22.4 Å². The molecule has 2 N–H and O–H groups in total. The van der Waals surface area contributed by atoms with E-state index in [9.17, 15) is 9.90 Å². The third-order valence-corrected chi connectivity index (χ3v) is 5.44. The number of pyridine rings is 1. The normalized spacial score (nSPS) is 14.6. The van der Waals surface area contributed by atoms with Crippen molar-refractivity contribution < 1.29 is 9.90 Å². The highest BCUT2D eigenvalue weighted by atomic mass is 35.5. The number of nitrogens with zero attached hydrogens (tertiary/aromatic N) is 4. The summed E-state index contributed by atoms with van der Waals surface area (Å²) in [5.74, 6) is 0.0405. The zero-order valence-corrected chi connectivity index (χ0v) is 17.3. The predicted octanol–water partition coefficient (Wildman–Crippen LogP) is 4.01. The molecule has 4 rings (SSSR count). The predicted molar refractivity (Wildman–Crippen MR) is 117 cm³/mol. The largest absolute Gasteiger partial charge is 0.508 e. The summed E-state index contributed by atoms with van der Waals surface area (Å²) in [6.45, 7) is 3.58. The van der Waals surface area contributed by atoms with Gasteiger partial charge >= 0.3 is 6.03 Å². The summed E-state index contributed by atoms with van der Waals surface area (Å²) in [5.41, 5.74) is 2.81. The fraction of sp³-hybridized carbons (Fsp3) is 0.318. The van der Waals surface area contributed by atoms with Gasteiger partial charge in [-0.05, 0) is 61.8 Å². The molecule has 1 aliphatic rings. The zero-order valence-electron chi connectivity index (χ0n) is 16.6. The van der Waals surface area contributed by atoms with Crippen LogP contribution < -0.4 is 5.32 Å². The summed E-state index contributed by atoms with van der Waals surface area (Å²) < 4.78 is 1.30. The number of phenols is 1. The summed E-state index contributed by atoms with van der Waals surface area (Å²) in [4.78, 5) is 19.2. The van der Waals surface area contributed by atoms with E-state index >= 15 is 0 Å². The standard InChI is InChI=1S/C22H24ClN5O2/c23-18-12-17(13-19(29)14-18)21-20(16-4-6-24-7-5-16)15-28(26-21)22(30)25-8-11-27-9-2-1-3-10-27/h4-7,12-15,29H,1-3,8-11H2,(H,25,30). The number of phenolic OH excluding ortho intramolecular Hbond substituents is 1. The number of benzene rings is 1. The molecule has 0 saturated carbocycles. The second-order valence-corrected chi connectivity index (χ2v) is 7.84. The number of likely N-dealkylation sites (tertiary alicyclic amines) is 1. The molecule has 0 bridgehead atoms. The number of carbonyl (C=O) groups is 1. The second-order valence-electron chi connectivity index (χ2n) is 7.40. The van der Waals surface area contributed by atoms with Crippen molar-refractivity contribution in [2.24, 2.45) is 0 Å². The smallest absolute Gasteiger partial charge is 0.342 e. The number of piperidine rings is 1. The van der Waals surface area contributed by atoms with Crippen LogP contribution in [0.15, 0.2) is 48.9 Å². The Bertz CT molecular complexity index is 995. The molecule has 1 saturated heterocycles. The Morgan fingerprint density at radius 1 is 1.10 bits per heavy atom. The zero-order chi connectivity index (χ0) is 20.9. The Labute approximate surface area is 180 Å². The van der Waals surface area contributed by atoms with Gasteiger partial charge in [0.25, 0.3) is 0 Å². The van der Waals surface area contributed by atoms with E-state index in [1.807, 2.05) is 12.1 Å². The number of aromatic nitrogens is 3. The Hall–Kier alpha value is -2.90. The number of nitrogens with one attached hydrogen (secondary N) is 1. The minimum absolute atomic E-state index is 0.0405. The lowest BCUT2D eigenvalue weighted by Crippen LogP contribution is -2.39. The second kappa shape index (κ2) is 9.28. The van der Waals surface area contributed by atoms with E-state index in [2.05, 4.69) is 20.3 Å². The maximum Gasteiger partial charge on any atom is 0.342 e. The van der Waals surface area contributed by atoms with Gasteiger partial charge in [0.2, 0.25) is 0 Å². The van der Waals surface area contributed by atoms with Crippen LogP contribution >= 0.6 is 11.6 Å². The molecule has 0 aliphatic carbocycles. The molecule has 3 aromatic rings. The maximum absolute atomic E-state index is 12.7. The summed E-state index contributed by atoms with van der Waals surface area (Å²) in [7, 11) is 0. The lowest BCUT2D eigenvalue weighted by molar-refractivity contribution is 0.220. The van der Waals surface area contributed by atoms with E-state index in [4.69, 9.17) is 11.6 Å². The molecule has 1 aromatic carbocycles. The monoisotopic (exact) mass is 425 g/mol. The molecule has 2 aromatic heterocycles. The van der Waals surface area contributed by atoms with Crippen molar-refractivity contribution in [3.63, 3.8) is 0 Å². The van der Waals surface area contributed by atoms with Crippen molar-refractivity contribution >= 4 is 17.6 Å². The Morgan fingerprint density at radius 2 is 1.87 bits per heavy atom. The van der Waals surface area contributed by atoms with E-state index < -0.39 is 0 Å². The van der Waals surface area contributed by atoms with Crippen LogP contribution in [0.1, 0.15) is 19.3 Å². The first-order valence-electron chi connectivity index (χ1n) is 10.1. The van der Waals surface area contributed by atoms with Gasteiger partial charge in [0.15, 0.2) is 0 Å². The third kappa shape index (κ3) is 4.80. The highest BCUT2D eigenvalue weighted by molar-refractivity contribution is 6.31. The topological polar surface area (TPSA) is 83.3 Å². The lowest BCUT2D eigenvalue weighted by atomic mass is 10.0. The van der Waals surface area contributed by atoms with Crippen LogP contribution in [-0.2, 0) is 0 Å². The van der Waals surface area contributed by atoms with E-state index in [0.29, 0.717) is 22.8 Å². The van der Waals surface area contributed by atoms with Gasteiger partial charge in [-0.1, -0.05) is 18.0 Å². The van der Waals surface area contributed by atoms with E-state index in [1.54, 1.807) is 30.7 Å². The Kier molecular flexibility index (Phi) is 6.30. The Morgan fingerprint density at radius 3 is 2.60 bits per heavy atom. The van der Waals surface area contributed by atoms with Gasteiger partial charge in [-0.15, -0.1) is 0 Å². The van der Waals surface area contributed by atoms with Gasteiger partial charge in [-0.2, -0.15) is 9.78 Å². The molecule has 0 radical (unpaired) electrons. The number of hydrogen-bond acceptors (Lipinski definition) is 5. The highest BCUT2D eigenvalue weighted by Gasteiger charge is 2.18. The molecule has 7 nitrogen and oxygen atoms in total. The first-order valence-corrected chi connectivity index (χ1v) is 10.5. The van der Waals surface area contributed by atoms with Crippen LogP contribution in [0.5, 0.6) is 5.75 Å². The third-order valence-electron chi connectivity index (χ3n) is 5.22. The summed E-state index contributed by atoms with van der Waals surface area (Å²) >= 11 is 6.12. The molecular weight excluding hydrogens is 402 g/mol. The van der Waals surface area contributed by atoms with E-state index in [0.717, 1.165) is 30.8 Å². The first kappa shape index (κ1) is 20.4. The van der Waals surface area contributed by atoms with Crippen molar-refractivity contribution in [3.05, 3.63) is 53.9 Å². The van der Waals surface area contributed by atoms with Crippen LogP contribution in [-0.4, -0.2) is 57.0 Å². The Balaban J connectivity index is 1.57. The summed E-state index contributed by atoms with van der Waals surface area (Å²) in [6, 6.07) is 8.17. The number of halogens is 1. The number of carbonyl (C=O) groups excluding carboxylic acids is 1. The van der Waals surface area contributed by atoms with Gasteiger partial charge in [0.1, 0.15) is 11.4 Å². The van der Waals surface area contributed by atoms with Crippen molar-refractivity contribution in [2.75, 3.05) is 26.2 Å². The van der Waals surface area contributed by atoms with Gasteiger partial charge < -0.3 is 15.3 Å². The van der Waals surface area contributed by atoms with Crippen molar-refractivity contribution in [1.82, 2.24) is 25.0 Å². The van der Waals surface area contributed by atoms with Crippen molar-refractivity contribution in [2.45, 2.75) is 19.3 Å². The van der Waals surface area contributed by atoms with Gasteiger partial charge in [0.05, 0.1) is 0 Å².